The number of fused-ring (bicyclic) bond motifs is 2. The fourth-order valence-corrected chi connectivity index (χ4v) is 3.66. The van der Waals surface area contributed by atoms with Crippen LogP contribution in [-0.2, 0) is 0 Å². The number of hydrogen-bond acceptors (Lipinski definition) is 6. The molecule has 1 N–H and O–H groups in total. The van der Waals surface area contributed by atoms with Gasteiger partial charge in [0.1, 0.15) is 0 Å². The molecule has 8 heteroatoms. The van der Waals surface area contributed by atoms with E-state index in [9.17, 15) is 4.79 Å². The van der Waals surface area contributed by atoms with Crippen molar-refractivity contribution < 1.29 is 4.79 Å². The molecule has 2 aromatic heterocycles. The Balaban J connectivity index is 1.70. The van der Waals surface area contributed by atoms with Crippen LogP contribution >= 0.6 is 11.7 Å². The van der Waals surface area contributed by atoms with Gasteiger partial charge >= 0.3 is 129 Å². The zero-order valence-corrected chi connectivity index (χ0v) is 13.0. The number of aromatic nitrogens is 4. The zero-order chi connectivity index (χ0) is 14.2. The second kappa shape index (κ2) is 5.00. The average Bonchev–Trinajstić information content (AvgIpc) is 3.15. The average molecular weight is 360 g/mol. The van der Waals surface area contributed by atoms with Crippen LogP contribution in [0.2, 0.25) is 0 Å². The van der Waals surface area contributed by atoms with Crippen molar-refractivity contribution in [2.75, 3.05) is 5.32 Å². The summed E-state index contributed by atoms with van der Waals surface area (Å²) < 4.78 is 16.9. The van der Waals surface area contributed by atoms with Gasteiger partial charge in [-0.25, -0.2) is 0 Å². The van der Waals surface area contributed by atoms with Gasteiger partial charge in [-0.15, -0.1) is 0 Å². The van der Waals surface area contributed by atoms with Crippen molar-refractivity contribution in [3.05, 3.63) is 42.0 Å². The monoisotopic (exact) mass is 361 g/mol. The predicted molar refractivity (Wildman–Crippen MR) is 81.8 cm³/mol. The molecule has 102 valence electrons. The number of rotatable bonds is 2. The number of nitrogens with one attached hydrogen (secondary N) is 1. The Kier molecular flexibility index (Phi) is 2.99. The first-order valence-corrected chi connectivity index (χ1v) is 8.32. The van der Waals surface area contributed by atoms with Gasteiger partial charge in [0.15, 0.2) is 0 Å². The van der Waals surface area contributed by atoms with Crippen LogP contribution in [0.5, 0.6) is 0 Å². The van der Waals surface area contributed by atoms with Gasteiger partial charge in [-0.05, 0) is 0 Å². The van der Waals surface area contributed by atoms with Crippen molar-refractivity contribution in [3.63, 3.8) is 0 Å². The first-order chi connectivity index (χ1) is 10.3. The fraction of sp³-hybridized carbons (Fsp3) is 0. The van der Waals surface area contributed by atoms with E-state index in [0.29, 0.717) is 16.8 Å². The molecule has 0 fully saturated rings. The van der Waals surface area contributed by atoms with Crippen LogP contribution in [0.15, 0.2) is 36.4 Å². The normalized spacial score (nSPS) is 11.0. The second-order valence-corrected chi connectivity index (χ2v) is 6.00. The molecule has 0 bridgehead atoms. The number of benzene rings is 2. The van der Waals surface area contributed by atoms with E-state index in [1.165, 1.54) is 0 Å². The SMILES string of the molecule is O=C(Nc1cccc2nsnc12)c1ccc2n[se]nc2c1. The minimum absolute atomic E-state index is 0.0880. The molecule has 4 aromatic rings. The van der Waals surface area contributed by atoms with E-state index in [2.05, 4.69) is 22.0 Å². The van der Waals surface area contributed by atoms with Crippen LogP contribution in [0.3, 0.4) is 0 Å². The fourth-order valence-electron chi connectivity index (χ4n) is 2.02. The molecule has 2 aromatic carbocycles. The summed E-state index contributed by atoms with van der Waals surface area (Å²) in [5.41, 5.74) is 4.36. The number of hydrogen-bond donors (Lipinski definition) is 1. The van der Waals surface area contributed by atoms with Crippen molar-refractivity contribution in [1.29, 1.82) is 0 Å². The summed E-state index contributed by atoms with van der Waals surface area (Å²) in [6.45, 7) is 0. The summed E-state index contributed by atoms with van der Waals surface area (Å²) in [5, 5.41) is 2.88. The van der Waals surface area contributed by atoms with Crippen LogP contribution in [-0.4, -0.2) is 37.6 Å². The molecule has 21 heavy (non-hydrogen) atoms. The molecule has 0 saturated heterocycles. The summed E-state index contributed by atoms with van der Waals surface area (Å²) in [5.74, 6) is -0.187. The molecule has 0 aliphatic rings. The van der Waals surface area contributed by atoms with Gasteiger partial charge in [0.05, 0.1) is 0 Å². The maximum atomic E-state index is 12.4. The Morgan fingerprint density at radius 3 is 2.90 bits per heavy atom. The van der Waals surface area contributed by atoms with Gasteiger partial charge in [0.2, 0.25) is 0 Å². The summed E-state index contributed by atoms with van der Waals surface area (Å²) in [6.07, 6.45) is 0. The van der Waals surface area contributed by atoms with E-state index in [4.69, 9.17) is 0 Å². The number of carbonyl (C=O) groups is 1. The van der Waals surface area contributed by atoms with Crippen molar-refractivity contribution >= 4 is 60.4 Å². The Bertz CT molecular complexity index is 963. The van der Waals surface area contributed by atoms with Crippen LogP contribution in [0.4, 0.5) is 5.69 Å². The van der Waals surface area contributed by atoms with E-state index in [1.54, 1.807) is 12.1 Å². The van der Waals surface area contributed by atoms with E-state index in [1.807, 2.05) is 24.3 Å². The summed E-state index contributed by atoms with van der Waals surface area (Å²) in [6, 6.07) is 10.9. The van der Waals surface area contributed by atoms with Crippen LogP contribution in [0.25, 0.3) is 22.1 Å². The molecular formula is C13H7N5OSSe. The maximum absolute atomic E-state index is 12.4. The Morgan fingerprint density at radius 2 is 1.95 bits per heavy atom. The molecule has 4 rings (SSSR count). The number of nitrogens with zero attached hydrogens (tertiary/aromatic N) is 4. The molecule has 0 atom stereocenters. The van der Waals surface area contributed by atoms with Gasteiger partial charge in [-0.1, -0.05) is 0 Å². The van der Waals surface area contributed by atoms with Crippen LogP contribution in [0, 0.1) is 0 Å². The first kappa shape index (κ1) is 12.6. The third-order valence-corrected chi connectivity index (χ3v) is 4.76. The molecule has 0 spiro atoms. The number of anilines is 1. The van der Waals surface area contributed by atoms with Crippen LogP contribution < -0.4 is 5.32 Å². The van der Waals surface area contributed by atoms with Gasteiger partial charge in [-0.3, -0.25) is 0 Å². The molecule has 2 heterocycles. The summed E-state index contributed by atoms with van der Waals surface area (Å²) in [4.78, 5) is 12.4. The molecule has 0 radical (unpaired) electrons. The van der Waals surface area contributed by atoms with Gasteiger partial charge in [0.25, 0.3) is 0 Å². The molecule has 0 aliphatic heterocycles. The Labute approximate surface area is 129 Å². The first-order valence-electron chi connectivity index (χ1n) is 6.06. The van der Waals surface area contributed by atoms with E-state index in [-0.39, 0.29) is 20.9 Å². The van der Waals surface area contributed by atoms with Crippen molar-refractivity contribution in [2.24, 2.45) is 0 Å². The van der Waals surface area contributed by atoms with Gasteiger partial charge < -0.3 is 0 Å². The summed E-state index contributed by atoms with van der Waals surface area (Å²) in [7, 11) is 0. The van der Waals surface area contributed by atoms with Crippen molar-refractivity contribution in [2.45, 2.75) is 0 Å². The van der Waals surface area contributed by atoms with Crippen LogP contribution in [0.1, 0.15) is 10.4 Å². The van der Waals surface area contributed by atoms with E-state index in [0.717, 1.165) is 28.3 Å². The molecule has 6 nitrogen and oxygen atoms in total. The van der Waals surface area contributed by atoms with E-state index < -0.39 is 0 Å². The van der Waals surface area contributed by atoms with Gasteiger partial charge in [-0.2, -0.15) is 0 Å². The Hall–Kier alpha value is -2.15. The molecule has 0 aliphatic carbocycles. The minimum atomic E-state index is -0.187. The van der Waals surface area contributed by atoms with Gasteiger partial charge in [0, 0.05) is 0 Å². The predicted octanol–water partition coefficient (Wildman–Crippen LogP) is 1.94. The zero-order valence-electron chi connectivity index (χ0n) is 10.5. The molecule has 1 amide bonds. The van der Waals surface area contributed by atoms with Crippen molar-refractivity contribution in [3.8, 4) is 0 Å². The third-order valence-electron chi connectivity index (χ3n) is 3.05. The standard InChI is InChI=1S/C13H7N5OSSe/c19-13(7-4-5-8-11(6-7)18-21-17-8)14-9-2-1-3-10-12(9)16-20-15-10/h1-6H,(H,14,19). The Morgan fingerprint density at radius 1 is 1.05 bits per heavy atom. The second-order valence-electron chi connectivity index (χ2n) is 4.36. The van der Waals surface area contributed by atoms with Crippen molar-refractivity contribution in [1.82, 2.24) is 16.7 Å². The number of amides is 1. The third kappa shape index (κ3) is 2.23. The molecule has 0 unspecified atom stereocenters. The molecule has 0 saturated carbocycles. The quantitative estimate of drug-likeness (QED) is 0.553. The summed E-state index contributed by atoms with van der Waals surface area (Å²) >= 11 is 1.04. The topological polar surface area (TPSA) is 80.7 Å². The van der Waals surface area contributed by atoms with E-state index >= 15 is 0 Å². The molecular weight excluding hydrogens is 353 g/mol. The number of carbonyl (C=O) groups excluding carboxylic acids is 1.